The summed E-state index contributed by atoms with van der Waals surface area (Å²) >= 11 is 0. The minimum Gasteiger partial charge on any atom is -0.350 e. The second-order valence-corrected chi connectivity index (χ2v) is 3.06. The molecule has 1 aromatic heterocycles. The fourth-order valence-corrected chi connectivity index (χ4v) is 1.35. The molecule has 78 valence electrons. The maximum absolute atomic E-state index is 12.4. The zero-order valence-corrected chi connectivity index (χ0v) is 8.35. The lowest BCUT2D eigenvalue weighted by Gasteiger charge is -2.09. The van der Waals surface area contributed by atoms with Gasteiger partial charge in [-0.2, -0.15) is 0 Å². The minimum absolute atomic E-state index is 0. The molecule has 0 aliphatic carbocycles. The summed E-state index contributed by atoms with van der Waals surface area (Å²) in [5.74, 6) is 0.0881. The molecule has 2 heterocycles. The smallest absolute Gasteiger partial charge is 0.223 e. The van der Waals surface area contributed by atoms with E-state index in [-0.39, 0.29) is 12.4 Å². The molecule has 2 rings (SSSR count). The summed E-state index contributed by atoms with van der Waals surface area (Å²) in [7, 11) is 0. The zero-order chi connectivity index (χ0) is 9.10. The van der Waals surface area contributed by atoms with Crippen molar-refractivity contribution in [1.82, 2.24) is 15.3 Å². The van der Waals surface area contributed by atoms with Gasteiger partial charge in [0.2, 0.25) is 5.95 Å². The van der Waals surface area contributed by atoms with Gasteiger partial charge in [-0.25, -0.2) is 14.4 Å². The Balaban J connectivity index is 0.000000980. The molecule has 14 heavy (non-hydrogen) atoms. The van der Waals surface area contributed by atoms with E-state index in [9.17, 15) is 4.39 Å². The van der Waals surface area contributed by atoms with E-state index < -0.39 is 5.82 Å². The molecule has 1 fully saturated rings. The number of anilines is 1. The fourth-order valence-electron chi connectivity index (χ4n) is 1.35. The Morgan fingerprint density at radius 1 is 1.43 bits per heavy atom. The Morgan fingerprint density at radius 2 is 2.14 bits per heavy atom. The molecule has 0 aromatic carbocycles. The van der Waals surface area contributed by atoms with Gasteiger partial charge in [-0.3, -0.25) is 0 Å². The Hall–Kier alpha value is -0.940. The van der Waals surface area contributed by atoms with Crippen LogP contribution in [0.25, 0.3) is 0 Å². The molecule has 2 N–H and O–H groups in total. The number of aromatic nitrogens is 2. The molecule has 0 radical (unpaired) electrons. The lowest BCUT2D eigenvalue weighted by Crippen LogP contribution is -2.23. The molecule has 1 aliphatic heterocycles. The highest BCUT2D eigenvalue weighted by Crippen LogP contribution is 2.05. The lowest BCUT2D eigenvalue weighted by molar-refractivity contribution is 0.613. The van der Waals surface area contributed by atoms with Crippen LogP contribution in [0.15, 0.2) is 12.4 Å². The third kappa shape index (κ3) is 2.78. The lowest BCUT2D eigenvalue weighted by atomic mass is 10.3. The average molecular weight is 219 g/mol. The van der Waals surface area contributed by atoms with Crippen LogP contribution in [0.4, 0.5) is 10.3 Å². The Morgan fingerprint density at radius 3 is 2.71 bits per heavy atom. The summed E-state index contributed by atoms with van der Waals surface area (Å²) in [6.45, 7) is 1.93. The second-order valence-electron chi connectivity index (χ2n) is 3.06. The molecule has 1 aromatic rings. The molecule has 0 amide bonds. The summed E-state index contributed by atoms with van der Waals surface area (Å²) in [6.07, 6.45) is 3.39. The van der Waals surface area contributed by atoms with E-state index >= 15 is 0 Å². The van der Waals surface area contributed by atoms with Crippen LogP contribution < -0.4 is 10.6 Å². The van der Waals surface area contributed by atoms with Gasteiger partial charge < -0.3 is 10.6 Å². The first-order valence-corrected chi connectivity index (χ1v) is 4.29. The van der Waals surface area contributed by atoms with Crippen LogP contribution in [-0.4, -0.2) is 29.1 Å². The molecule has 1 aliphatic rings. The van der Waals surface area contributed by atoms with Crippen LogP contribution in [0.1, 0.15) is 6.42 Å². The third-order valence-electron chi connectivity index (χ3n) is 2.01. The largest absolute Gasteiger partial charge is 0.350 e. The number of nitrogens with one attached hydrogen (secondary N) is 2. The highest BCUT2D eigenvalue weighted by atomic mass is 35.5. The van der Waals surface area contributed by atoms with Gasteiger partial charge in [0.25, 0.3) is 0 Å². The van der Waals surface area contributed by atoms with Crippen molar-refractivity contribution in [2.24, 2.45) is 0 Å². The summed E-state index contributed by atoms with van der Waals surface area (Å²) < 4.78 is 12.4. The molecule has 1 unspecified atom stereocenters. The van der Waals surface area contributed by atoms with E-state index in [1.807, 2.05) is 0 Å². The van der Waals surface area contributed by atoms with Crippen molar-refractivity contribution in [3.63, 3.8) is 0 Å². The fraction of sp³-hybridized carbons (Fsp3) is 0.500. The van der Waals surface area contributed by atoms with Crippen LogP contribution in [0.2, 0.25) is 0 Å². The third-order valence-corrected chi connectivity index (χ3v) is 2.01. The number of hydrogen-bond acceptors (Lipinski definition) is 4. The average Bonchev–Trinajstić information content (AvgIpc) is 2.62. The zero-order valence-electron chi connectivity index (χ0n) is 7.53. The maximum atomic E-state index is 12.4. The highest BCUT2D eigenvalue weighted by molar-refractivity contribution is 5.85. The molecular weight excluding hydrogens is 207 g/mol. The van der Waals surface area contributed by atoms with Crippen molar-refractivity contribution >= 4 is 18.4 Å². The molecule has 0 spiro atoms. The van der Waals surface area contributed by atoms with Gasteiger partial charge in [0.05, 0.1) is 12.4 Å². The first-order valence-electron chi connectivity index (χ1n) is 4.29. The van der Waals surface area contributed by atoms with Crippen molar-refractivity contribution in [2.45, 2.75) is 12.5 Å². The van der Waals surface area contributed by atoms with Gasteiger partial charge in [-0.1, -0.05) is 0 Å². The standard InChI is InChI=1S/C8H11FN4.ClH/c9-6-3-11-8(12-4-6)13-7-1-2-10-5-7;/h3-4,7,10H,1-2,5H2,(H,11,12,13);1H. The molecule has 1 atom stereocenters. The van der Waals surface area contributed by atoms with Gasteiger partial charge in [0, 0.05) is 12.6 Å². The predicted octanol–water partition coefficient (Wildman–Crippen LogP) is 0.811. The summed E-state index contributed by atoms with van der Waals surface area (Å²) in [4.78, 5) is 7.63. The first-order chi connectivity index (χ1) is 6.34. The molecule has 0 saturated carbocycles. The molecular formula is C8H12ClFN4. The number of hydrogen-bond donors (Lipinski definition) is 2. The summed E-state index contributed by atoms with van der Waals surface area (Å²) in [6, 6.07) is 0.366. The molecule has 4 nitrogen and oxygen atoms in total. The number of rotatable bonds is 2. The van der Waals surface area contributed by atoms with Crippen molar-refractivity contribution < 1.29 is 4.39 Å². The summed E-state index contributed by atoms with van der Waals surface area (Å²) in [5, 5.41) is 6.33. The minimum atomic E-state index is -0.407. The first kappa shape index (κ1) is 11.1. The van der Waals surface area contributed by atoms with Crippen LogP contribution in [0.3, 0.4) is 0 Å². The van der Waals surface area contributed by atoms with Gasteiger partial charge in [0.15, 0.2) is 5.82 Å². The van der Waals surface area contributed by atoms with E-state index in [1.165, 1.54) is 0 Å². The van der Waals surface area contributed by atoms with E-state index in [0.717, 1.165) is 31.9 Å². The van der Waals surface area contributed by atoms with E-state index in [0.29, 0.717) is 12.0 Å². The van der Waals surface area contributed by atoms with E-state index in [4.69, 9.17) is 0 Å². The van der Waals surface area contributed by atoms with Crippen LogP contribution in [-0.2, 0) is 0 Å². The highest BCUT2D eigenvalue weighted by Gasteiger charge is 2.14. The maximum Gasteiger partial charge on any atom is 0.223 e. The Bertz CT molecular complexity index is 273. The van der Waals surface area contributed by atoms with Gasteiger partial charge in [0.1, 0.15) is 0 Å². The Labute approximate surface area is 87.7 Å². The number of halogens is 2. The van der Waals surface area contributed by atoms with Gasteiger partial charge >= 0.3 is 0 Å². The van der Waals surface area contributed by atoms with Gasteiger partial charge in [-0.15, -0.1) is 12.4 Å². The monoisotopic (exact) mass is 218 g/mol. The number of nitrogens with zero attached hydrogens (tertiary/aromatic N) is 2. The van der Waals surface area contributed by atoms with Crippen LogP contribution >= 0.6 is 12.4 Å². The van der Waals surface area contributed by atoms with Crippen molar-refractivity contribution in [2.75, 3.05) is 18.4 Å². The molecule has 6 heteroatoms. The molecule has 1 saturated heterocycles. The second kappa shape index (κ2) is 5.07. The van der Waals surface area contributed by atoms with Gasteiger partial charge in [-0.05, 0) is 13.0 Å². The van der Waals surface area contributed by atoms with Crippen molar-refractivity contribution in [1.29, 1.82) is 0 Å². The SMILES string of the molecule is Cl.Fc1cnc(NC2CCNC2)nc1. The van der Waals surface area contributed by atoms with E-state index in [2.05, 4.69) is 20.6 Å². The van der Waals surface area contributed by atoms with Crippen LogP contribution in [0.5, 0.6) is 0 Å². The Kier molecular flexibility index (Phi) is 4.03. The van der Waals surface area contributed by atoms with Crippen LogP contribution in [0, 0.1) is 5.82 Å². The van der Waals surface area contributed by atoms with E-state index in [1.54, 1.807) is 0 Å². The van der Waals surface area contributed by atoms with Crippen molar-refractivity contribution in [3.8, 4) is 0 Å². The summed E-state index contributed by atoms with van der Waals surface area (Å²) in [5.41, 5.74) is 0. The van der Waals surface area contributed by atoms with Crippen molar-refractivity contribution in [3.05, 3.63) is 18.2 Å². The molecule has 0 bridgehead atoms. The normalized spacial score (nSPS) is 20.2. The quantitative estimate of drug-likeness (QED) is 0.772. The topological polar surface area (TPSA) is 49.8 Å². The predicted molar refractivity (Wildman–Crippen MR) is 54.1 cm³/mol.